The molecule has 2 aromatic carbocycles. The Kier molecular flexibility index (Phi) is 9.83. The Bertz CT molecular complexity index is 1530. The van der Waals surface area contributed by atoms with E-state index in [4.69, 9.17) is 0 Å². The van der Waals surface area contributed by atoms with Crippen LogP contribution in [-0.2, 0) is 9.22 Å². The average molecular weight is 687 g/mol. The highest BCUT2D eigenvalue weighted by Crippen LogP contribution is 2.52. The van der Waals surface area contributed by atoms with Gasteiger partial charge in [-0.2, -0.15) is 0 Å². The SMILES string of the molecule is C=C(CC(O)c1ccc(C)cc1)C1C(C)C(c2cc(C3=CC(=O)C4=C(C)C=C(CC)CC4=C3)ccc2CI)C(C)C[C@@H]1C. The Morgan fingerprint density at radius 3 is 2.42 bits per heavy atom. The van der Waals surface area contributed by atoms with E-state index < -0.39 is 6.10 Å². The third-order valence-corrected chi connectivity index (χ3v) is 11.2. The number of carbonyl (C=O) groups is 1. The van der Waals surface area contributed by atoms with Gasteiger partial charge in [0.15, 0.2) is 5.78 Å². The Hall–Kier alpha value is -2.50. The molecule has 2 nitrogen and oxygen atoms in total. The van der Waals surface area contributed by atoms with E-state index in [-0.39, 0.29) is 5.78 Å². The molecule has 0 aromatic heterocycles. The molecule has 43 heavy (non-hydrogen) atoms. The summed E-state index contributed by atoms with van der Waals surface area (Å²) in [6.07, 6.45) is 9.37. The van der Waals surface area contributed by atoms with Crippen molar-refractivity contribution in [2.75, 3.05) is 0 Å². The molecule has 2 aromatic rings. The van der Waals surface area contributed by atoms with Gasteiger partial charge in [0.05, 0.1) is 6.10 Å². The van der Waals surface area contributed by atoms with Crippen molar-refractivity contribution in [2.24, 2.45) is 23.7 Å². The number of halogens is 1. The number of aryl methyl sites for hydroxylation is 1. The molecular formula is C40H47IO2. The fraction of sp³-hybridized carbons (Fsp3) is 0.425. The fourth-order valence-electron chi connectivity index (χ4n) is 8.33. The number of aliphatic hydroxyl groups excluding tert-OH is 1. The number of hydrogen-bond acceptors (Lipinski definition) is 2. The van der Waals surface area contributed by atoms with Gasteiger partial charge in [-0.05, 0) is 120 Å². The van der Waals surface area contributed by atoms with E-state index in [1.807, 2.05) is 18.2 Å². The van der Waals surface area contributed by atoms with Gasteiger partial charge in [0.2, 0.25) is 0 Å². The number of hydrogen-bond donors (Lipinski definition) is 1. The zero-order chi connectivity index (χ0) is 31.0. The van der Waals surface area contributed by atoms with Crippen molar-refractivity contribution in [1.82, 2.24) is 0 Å². The van der Waals surface area contributed by atoms with Crippen molar-refractivity contribution in [3.8, 4) is 0 Å². The lowest BCUT2D eigenvalue weighted by atomic mass is 9.58. The molecule has 3 heteroatoms. The van der Waals surface area contributed by atoms with Crippen LogP contribution in [0, 0.1) is 30.6 Å². The van der Waals surface area contributed by atoms with E-state index in [2.05, 4.69) is 113 Å². The summed E-state index contributed by atoms with van der Waals surface area (Å²) in [4.78, 5) is 13.4. The Morgan fingerprint density at radius 2 is 1.74 bits per heavy atom. The van der Waals surface area contributed by atoms with Crippen LogP contribution in [0.4, 0.5) is 0 Å². The molecule has 0 amide bonds. The topological polar surface area (TPSA) is 37.3 Å². The molecule has 0 aliphatic heterocycles. The van der Waals surface area contributed by atoms with E-state index in [9.17, 15) is 9.90 Å². The molecule has 226 valence electrons. The molecular weight excluding hydrogens is 639 g/mol. The maximum atomic E-state index is 13.4. The lowest BCUT2D eigenvalue weighted by molar-refractivity contribution is -0.111. The largest absolute Gasteiger partial charge is 0.388 e. The molecule has 5 rings (SSSR count). The maximum Gasteiger partial charge on any atom is 0.187 e. The van der Waals surface area contributed by atoms with E-state index in [1.54, 1.807) is 0 Å². The van der Waals surface area contributed by atoms with Crippen LogP contribution in [-0.4, -0.2) is 10.9 Å². The van der Waals surface area contributed by atoms with Crippen LogP contribution in [0.15, 0.2) is 95.1 Å². The van der Waals surface area contributed by atoms with Gasteiger partial charge >= 0.3 is 0 Å². The summed E-state index contributed by atoms with van der Waals surface area (Å²) in [5, 5.41) is 11.1. The van der Waals surface area contributed by atoms with E-state index in [0.29, 0.717) is 36.0 Å². The van der Waals surface area contributed by atoms with Crippen LogP contribution >= 0.6 is 22.6 Å². The highest BCUT2D eigenvalue weighted by molar-refractivity contribution is 14.1. The average Bonchev–Trinajstić information content (AvgIpc) is 2.96. The standard InChI is InChI=1S/C40H47IO2/c1-8-29-16-26(5)40-34(18-29)19-33(21-37(40)43)31-13-14-32(22-41)35(20-31)39-25(4)15-24(3)38(28(39)7)27(6)17-36(42)30-11-9-23(2)10-12-30/h9-14,16,19-21,24-25,28,36,38-39,42H,6,8,15,17-18,22H2,1-5,7H3/t24-,25?,28?,36?,38?,39?/m0/s1. The molecule has 0 saturated heterocycles. The first-order chi connectivity index (χ1) is 20.5. The second-order valence-electron chi connectivity index (χ2n) is 13.5. The van der Waals surface area contributed by atoms with Crippen molar-refractivity contribution in [1.29, 1.82) is 0 Å². The van der Waals surface area contributed by atoms with Gasteiger partial charge < -0.3 is 5.11 Å². The first kappa shape index (κ1) is 31.9. The first-order valence-corrected chi connectivity index (χ1v) is 17.5. The first-order valence-electron chi connectivity index (χ1n) is 16.0. The molecule has 1 saturated carbocycles. The fourth-order valence-corrected chi connectivity index (χ4v) is 9.02. The summed E-state index contributed by atoms with van der Waals surface area (Å²) >= 11 is 2.50. The lowest BCUT2D eigenvalue weighted by Gasteiger charge is -2.46. The molecule has 0 heterocycles. The summed E-state index contributed by atoms with van der Waals surface area (Å²) in [5.74, 6) is 2.28. The van der Waals surface area contributed by atoms with Gasteiger partial charge in [-0.1, -0.05) is 122 Å². The molecule has 6 atom stereocenters. The number of benzene rings is 2. The second-order valence-corrected chi connectivity index (χ2v) is 14.2. The molecule has 0 spiro atoms. The number of ketones is 1. The van der Waals surface area contributed by atoms with Crippen LogP contribution in [0.1, 0.15) is 100 Å². The molecule has 5 unspecified atom stereocenters. The van der Waals surface area contributed by atoms with Gasteiger partial charge in [0, 0.05) is 10.0 Å². The van der Waals surface area contributed by atoms with Crippen LogP contribution in [0.5, 0.6) is 0 Å². The Balaban J connectivity index is 1.45. The number of rotatable bonds is 8. The van der Waals surface area contributed by atoms with Crippen molar-refractivity contribution >= 4 is 33.9 Å². The number of alkyl halides is 1. The number of allylic oxidation sites excluding steroid dienone is 8. The number of fused-ring (bicyclic) bond motifs is 1. The smallest absolute Gasteiger partial charge is 0.187 e. The van der Waals surface area contributed by atoms with Crippen molar-refractivity contribution in [3.05, 3.63) is 123 Å². The molecule has 0 radical (unpaired) electrons. The van der Waals surface area contributed by atoms with Gasteiger partial charge in [0.1, 0.15) is 0 Å². The van der Waals surface area contributed by atoms with Crippen molar-refractivity contribution < 1.29 is 9.90 Å². The minimum Gasteiger partial charge on any atom is -0.388 e. The lowest BCUT2D eigenvalue weighted by Crippen LogP contribution is -2.37. The molecule has 1 N–H and O–H groups in total. The molecule has 3 aliphatic rings. The third-order valence-electron chi connectivity index (χ3n) is 10.3. The highest BCUT2D eigenvalue weighted by Gasteiger charge is 2.41. The third kappa shape index (κ3) is 6.49. The summed E-state index contributed by atoms with van der Waals surface area (Å²) in [6, 6.07) is 15.1. The predicted octanol–water partition coefficient (Wildman–Crippen LogP) is 10.6. The number of aliphatic hydroxyl groups is 1. The van der Waals surface area contributed by atoms with E-state index >= 15 is 0 Å². The molecule has 3 aliphatic carbocycles. The van der Waals surface area contributed by atoms with Crippen LogP contribution in [0.25, 0.3) is 5.57 Å². The quantitative estimate of drug-likeness (QED) is 0.171. The minimum atomic E-state index is -0.534. The van der Waals surface area contributed by atoms with Gasteiger partial charge in [-0.25, -0.2) is 0 Å². The monoisotopic (exact) mass is 686 g/mol. The summed E-state index contributed by atoms with van der Waals surface area (Å²) in [6.45, 7) is 18.1. The molecule has 0 bridgehead atoms. The Labute approximate surface area is 272 Å². The second kappa shape index (κ2) is 13.2. The van der Waals surface area contributed by atoms with Crippen LogP contribution in [0.3, 0.4) is 0 Å². The minimum absolute atomic E-state index is 0.132. The van der Waals surface area contributed by atoms with Crippen LogP contribution in [0.2, 0.25) is 0 Å². The van der Waals surface area contributed by atoms with E-state index in [0.717, 1.165) is 62.7 Å². The number of carbonyl (C=O) groups excluding carboxylic acids is 1. The maximum absolute atomic E-state index is 13.4. The summed E-state index contributed by atoms with van der Waals surface area (Å²) in [7, 11) is 0. The highest BCUT2D eigenvalue weighted by atomic mass is 127. The van der Waals surface area contributed by atoms with Crippen molar-refractivity contribution in [2.45, 2.75) is 83.7 Å². The van der Waals surface area contributed by atoms with Crippen molar-refractivity contribution in [3.63, 3.8) is 0 Å². The van der Waals surface area contributed by atoms with E-state index in [1.165, 1.54) is 22.3 Å². The zero-order valence-corrected chi connectivity index (χ0v) is 28.9. The van der Waals surface area contributed by atoms with Gasteiger partial charge in [0.25, 0.3) is 0 Å². The van der Waals surface area contributed by atoms with Gasteiger partial charge in [-0.3, -0.25) is 4.79 Å². The zero-order valence-electron chi connectivity index (χ0n) is 26.7. The predicted molar refractivity (Wildman–Crippen MR) is 189 cm³/mol. The Morgan fingerprint density at radius 1 is 1.02 bits per heavy atom. The summed E-state index contributed by atoms with van der Waals surface area (Å²) < 4.78 is 0.951. The summed E-state index contributed by atoms with van der Waals surface area (Å²) in [5.41, 5.74) is 12.8. The van der Waals surface area contributed by atoms with Crippen LogP contribution < -0.4 is 0 Å². The normalized spacial score (nSPS) is 26.4. The van der Waals surface area contributed by atoms with Gasteiger partial charge in [-0.15, -0.1) is 0 Å². The molecule has 1 fully saturated rings.